The quantitative estimate of drug-likeness (QED) is 0.800. The molecule has 0 spiro atoms. The fourth-order valence-corrected chi connectivity index (χ4v) is 1.66. The van der Waals surface area contributed by atoms with Gasteiger partial charge in [0.15, 0.2) is 0 Å². The van der Waals surface area contributed by atoms with E-state index in [1.165, 1.54) is 12.1 Å². The molecule has 0 radical (unpaired) electrons. The summed E-state index contributed by atoms with van der Waals surface area (Å²) >= 11 is 0. The van der Waals surface area contributed by atoms with E-state index in [0.717, 1.165) is 5.56 Å². The highest BCUT2D eigenvalue weighted by molar-refractivity contribution is 5.32. The molecular formula is C12H18FNO. The summed E-state index contributed by atoms with van der Waals surface area (Å²) in [6.07, 6.45) is -0.650. The number of likely N-dealkylation sites (N-methyl/N-ethyl adjacent to an activating group) is 1. The van der Waals surface area contributed by atoms with Crippen LogP contribution in [-0.2, 0) is 0 Å². The SMILES string of the molecule is CNCC(O)c1cc(F)ccc1C(C)C. The van der Waals surface area contributed by atoms with E-state index in [-0.39, 0.29) is 11.7 Å². The van der Waals surface area contributed by atoms with Gasteiger partial charge in [-0.05, 0) is 36.2 Å². The molecular weight excluding hydrogens is 193 g/mol. The fourth-order valence-electron chi connectivity index (χ4n) is 1.66. The van der Waals surface area contributed by atoms with Crippen molar-refractivity contribution in [3.63, 3.8) is 0 Å². The maximum atomic E-state index is 13.1. The zero-order valence-corrected chi connectivity index (χ0v) is 9.42. The van der Waals surface area contributed by atoms with Gasteiger partial charge in [0.1, 0.15) is 5.82 Å². The monoisotopic (exact) mass is 211 g/mol. The van der Waals surface area contributed by atoms with Crippen molar-refractivity contribution >= 4 is 0 Å². The third kappa shape index (κ3) is 3.01. The average molecular weight is 211 g/mol. The van der Waals surface area contributed by atoms with E-state index in [0.29, 0.717) is 12.1 Å². The van der Waals surface area contributed by atoms with Crippen molar-refractivity contribution in [3.05, 3.63) is 35.1 Å². The first kappa shape index (κ1) is 12.1. The van der Waals surface area contributed by atoms with Crippen molar-refractivity contribution in [2.45, 2.75) is 25.9 Å². The van der Waals surface area contributed by atoms with Crippen LogP contribution >= 0.6 is 0 Å². The van der Waals surface area contributed by atoms with E-state index < -0.39 is 6.10 Å². The Morgan fingerprint density at radius 2 is 2.00 bits per heavy atom. The Balaban J connectivity index is 3.06. The number of halogens is 1. The molecule has 0 aliphatic rings. The molecule has 0 saturated heterocycles. The first-order chi connectivity index (χ1) is 7.06. The van der Waals surface area contributed by atoms with Crippen LogP contribution in [0.3, 0.4) is 0 Å². The summed E-state index contributed by atoms with van der Waals surface area (Å²) in [6, 6.07) is 4.59. The van der Waals surface area contributed by atoms with Crippen LogP contribution in [0.4, 0.5) is 4.39 Å². The Morgan fingerprint density at radius 1 is 1.33 bits per heavy atom. The van der Waals surface area contributed by atoms with Crippen LogP contribution in [0, 0.1) is 5.82 Å². The van der Waals surface area contributed by atoms with E-state index >= 15 is 0 Å². The summed E-state index contributed by atoms with van der Waals surface area (Å²) in [7, 11) is 1.76. The molecule has 15 heavy (non-hydrogen) atoms. The summed E-state index contributed by atoms with van der Waals surface area (Å²) in [5, 5.41) is 12.7. The minimum atomic E-state index is -0.650. The second-order valence-corrected chi connectivity index (χ2v) is 4.00. The molecule has 0 amide bonds. The number of hydrogen-bond donors (Lipinski definition) is 2. The number of aliphatic hydroxyl groups excluding tert-OH is 1. The first-order valence-corrected chi connectivity index (χ1v) is 5.18. The van der Waals surface area contributed by atoms with Crippen LogP contribution in [0.2, 0.25) is 0 Å². The molecule has 84 valence electrons. The molecule has 1 aromatic carbocycles. The van der Waals surface area contributed by atoms with Gasteiger partial charge in [-0.3, -0.25) is 0 Å². The fraction of sp³-hybridized carbons (Fsp3) is 0.500. The van der Waals surface area contributed by atoms with Gasteiger partial charge in [-0.15, -0.1) is 0 Å². The Bertz CT molecular complexity index is 325. The zero-order valence-electron chi connectivity index (χ0n) is 9.42. The molecule has 0 bridgehead atoms. The van der Waals surface area contributed by atoms with E-state index in [1.807, 2.05) is 13.8 Å². The molecule has 1 rings (SSSR count). The Morgan fingerprint density at radius 3 is 2.53 bits per heavy atom. The van der Waals surface area contributed by atoms with Crippen LogP contribution < -0.4 is 5.32 Å². The van der Waals surface area contributed by atoms with Gasteiger partial charge in [0.05, 0.1) is 6.10 Å². The first-order valence-electron chi connectivity index (χ1n) is 5.18. The lowest BCUT2D eigenvalue weighted by molar-refractivity contribution is 0.176. The Kier molecular flexibility index (Phi) is 4.24. The zero-order chi connectivity index (χ0) is 11.4. The molecule has 0 saturated carbocycles. The second kappa shape index (κ2) is 5.24. The van der Waals surface area contributed by atoms with Crippen molar-refractivity contribution in [3.8, 4) is 0 Å². The normalized spacial score (nSPS) is 13.2. The van der Waals surface area contributed by atoms with Crippen LogP contribution in [-0.4, -0.2) is 18.7 Å². The van der Waals surface area contributed by atoms with E-state index in [4.69, 9.17) is 0 Å². The molecule has 1 unspecified atom stereocenters. The predicted octanol–water partition coefficient (Wildman–Crippen LogP) is 2.20. The van der Waals surface area contributed by atoms with Crippen molar-refractivity contribution in [2.24, 2.45) is 0 Å². The number of aliphatic hydroxyl groups is 1. The maximum Gasteiger partial charge on any atom is 0.123 e. The number of hydrogen-bond acceptors (Lipinski definition) is 2. The van der Waals surface area contributed by atoms with Crippen molar-refractivity contribution in [2.75, 3.05) is 13.6 Å². The average Bonchev–Trinajstić information content (AvgIpc) is 2.17. The predicted molar refractivity (Wildman–Crippen MR) is 59.4 cm³/mol. The lowest BCUT2D eigenvalue weighted by atomic mass is 9.94. The van der Waals surface area contributed by atoms with Gasteiger partial charge in [0.2, 0.25) is 0 Å². The van der Waals surface area contributed by atoms with Gasteiger partial charge < -0.3 is 10.4 Å². The highest BCUT2D eigenvalue weighted by atomic mass is 19.1. The highest BCUT2D eigenvalue weighted by Crippen LogP contribution is 2.25. The van der Waals surface area contributed by atoms with E-state index in [1.54, 1.807) is 13.1 Å². The van der Waals surface area contributed by atoms with Gasteiger partial charge >= 0.3 is 0 Å². The second-order valence-electron chi connectivity index (χ2n) is 4.00. The van der Waals surface area contributed by atoms with Crippen LogP contribution in [0.15, 0.2) is 18.2 Å². The van der Waals surface area contributed by atoms with E-state index in [2.05, 4.69) is 5.32 Å². The molecule has 0 heterocycles. The van der Waals surface area contributed by atoms with Crippen LogP contribution in [0.5, 0.6) is 0 Å². The molecule has 2 nitrogen and oxygen atoms in total. The van der Waals surface area contributed by atoms with Gasteiger partial charge in [-0.1, -0.05) is 19.9 Å². The topological polar surface area (TPSA) is 32.3 Å². The molecule has 3 heteroatoms. The third-order valence-corrected chi connectivity index (χ3v) is 2.43. The maximum absolute atomic E-state index is 13.1. The van der Waals surface area contributed by atoms with E-state index in [9.17, 15) is 9.50 Å². The molecule has 1 atom stereocenters. The molecule has 1 aromatic rings. The van der Waals surface area contributed by atoms with Gasteiger partial charge in [-0.2, -0.15) is 0 Å². The van der Waals surface area contributed by atoms with Crippen LogP contribution in [0.1, 0.15) is 37.0 Å². The standard InChI is InChI=1S/C12H18FNO/c1-8(2)10-5-4-9(13)6-11(10)12(15)7-14-3/h4-6,8,12,14-15H,7H2,1-3H3. The van der Waals surface area contributed by atoms with Gasteiger partial charge in [-0.25, -0.2) is 4.39 Å². The Labute approximate surface area is 90.1 Å². The molecule has 2 N–H and O–H groups in total. The smallest absolute Gasteiger partial charge is 0.123 e. The van der Waals surface area contributed by atoms with Gasteiger partial charge in [0.25, 0.3) is 0 Å². The number of nitrogens with one attached hydrogen (secondary N) is 1. The molecule has 0 fully saturated rings. The summed E-state index contributed by atoms with van der Waals surface area (Å²) < 4.78 is 13.1. The number of rotatable bonds is 4. The summed E-state index contributed by atoms with van der Waals surface area (Å²) in [4.78, 5) is 0. The Hall–Kier alpha value is -0.930. The lowest BCUT2D eigenvalue weighted by Crippen LogP contribution is -2.18. The molecule has 0 aliphatic heterocycles. The summed E-state index contributed by atoms with van der Waals surface area (Å²) in [5.41, 5.74) is 1.68. The largest absolute Gasteiger partial charge is 0.387 e. The molecule has 0 aromatic heterocycles. The third-order valence-electron chi connectivity index (χ3n) is 2.43. The minimum absolute atomic E-state index is 0.284. The van der Waals surface area contributed by atoms with Gasteiger partial charge in [0, 0.05) is 6.54 Å². The lowest BCUT2D eigenvalue weighted by Gasteiger charge is -2.17. The summed E-state index contributed by atoms with van der Waals surface area (Å²) in [6.45, 7) is 4.49. The molecule has 0 aliphatic carbocycles. The van der Waals surface area contributed by atoms with Crippen molar-refractivity contribution in [1.29, 1.82) is 0 Å². The minimum Gasteiger partial charge on any atom is -0.387 e. The summed E-state index contributed by atoms with van der Waals surface area (Å²) in [5.74, 6) is -0.0170. The van der Waals surface area contributed by atoms with Crippen molar-refractivity contribution in [1.82, 2.24) is 5.32 Å². The van der Waals surface area contributed by atoms with Crippen molar-refractivity contribution < 1.29 is 9.50 Å². The highest BCUT2D eigenvalue weighted by Gasteiger charge is 2.14. The number of benzene rings is 1. The van der Waals surface area contributed by atoms with Crippen LogP contribution in [0.25, 0.3) is 0 Å².